The van der Waals surface area contributed by atoms with E-state index < -0.39 is 11.6 Å². The van der Waals surface area contributed by atoms with E-state index in [-0.39, 0.29) is 17.6 Å². The summed E-state index contributed by atoms with van der Waals surface area (Å²) in [4.78, 5) is 7.57. The summed E-state index contributed by atoms with van der Waals surface area (Å²) in [5.74, 6) is -2.36. The molecule has 18 heavy (non-hydrogen) atoms. The van der Waals surface area contributed by atoms with Gasteiger partial charge in [-0.05, 0) is 28.1 Å². The van der Waals surface area contributed by atoms with E-state index >= 15 is 0 Å². The van der Waals surface area contributed by atoms with Crippen LogP contribution < -0.4 is 10.5 Å². The van der Waals surface area contributed by atoms with Crippen LogP contribution in [0.3, 0.4) is 0 Å². The number of ether oxygens (including phenoxy) is 1. The van der Waals surface area contributed by atoms with Gasteiger partial charge < -0.3 is 10.5 Å². The number of hydrogen-bond donors (Lipinski definition) is 1. The maximum Gasteiger partial charge on any atom is 0.325 e. The Labute approximate surface area is 117 Å². The minimum absolute atomic E-state index is 0.141. The van der Waals surface area contributed by atoms with Crippen molar-refractivity contribution in [2.24, 2.45) is 0 Å². The lowest BCUT2D eigenvalue weighted by Gasteiger charge is -2.07. The monoisotopic (exact) mass is 379 g/mol. The van der Waals surface area contributed by atoms with Crippen molar-refractivity contribution < 1.29 is 13.5 Å². The first-order valence-electron chi connectivity index (χ1n) is 4.58. The summed E-state index contributed by atoms with van der Waals surface area (Å²) in [5.41, 5.74) is 5.47. The van der Waals surface area contributed by atoms with Crippen molar-refractivity contribution in [3.63, 3.8) is 0 Å². The van der Waals surface area contributed by atoms with Gasteiger partial charge in [0.15, 0.2) is 11.6 Å². The highest BCUT2D eigenvalue weighted by molar-refractivity contribution is 9.10. The Balaban J connectivity index is 2.39. The third-order valence-electron chi connectivity index (χ3n) is 1.86. The second-order valence-electron chi connectivity index (χ2n) is 3.20. The molecule has 0 radical (unpaired) electrons. The van der Waals surface area contributed by atoms with Crippen LogP contribution in [-0.2, 0) is 0 Å². The second-order valence-corrected chi connectivity index (χ2v) is 4.93. The topological polar surface area (TPSA) is 61.0 Å². The molecular weight excluding hydrogens is 376 g/mol. The summed E-state index contributed by atoms with van der Waals surface area (Å²) >= 11 is 6.11. The van der Waals surface area contributed by atoms with E-state index in [1.807, 2.05) is 0 Å². The highest BCUT2D eigenvalue weighted by Gasteiger charge is 2.14. The van der Waals surface area contributed by atoms with Crippen molar-refractivity contribution in [1.82, 2.24) is 9.97 Å². The van der Waals surface area contributed by atoms with Crippen LogP contribution in [-0.4, -0.2) is 9.97 Å². The number of nitrogen functional groups attached to an aromatic ring is 1. The van der Waals surface area contributed by atoms with E-state index in [2.05, 4.69) is 41.8 Å². The molecule has 1 aromatic carbocycles. The van der Waals surface area contributed by atoms with Crippen molar-refractivity contribution in [2.45, 2.75) is 0 Å². The van der Waals surface area contributed by atoms with E-state index in [0.29, 0.717) is 9.08 Å². The molecule has 0 bridgehead atoms. The molecule has 0 atom stereocenters. The first kappa shape index (κ1) is 13.2. The fourth-order valence-corrected chi connectivity index (χ4v) is 1.96. The van der Waals surface area contributed by atoms with E-state index in [9.17, 15) is 8.78 Å². The van der Waals surface area contributed by atoms with Crippen LogP contribution in [0.5, 0.6) is 11.8 Å². The first-order chi connectivity index (χ1) is 8.45. The molecule has 94 valence electrons. The van der Waals surface area contributed by atoms with Gasteiger partial charge in [0.05, 0.1) is 0 Å². The number of nitrogens with zero attached hydrogens (tertiary/aromatic N) is 2. The molecule has 0 saturated heterocycles. The Kier molecular flexibility index (Phi) is 3.76. The molecule has 2 aromatic rings. The quantitative estimate of drug-likeness (QED) is 0.638. The van der Waals surface area contributed by atoms with Crippen molar-refractivity contribution in [3.05, 3.63) is 38.9 Å². The van der Waals surface area contributed by atoms with Crippen molar-refractivity contribution in [3.8, 4) is 11.8 Å². The molecule has 0 fully saturated rings. The molecule has 0 aliphatic rings. The van der Waals surface area contributed by atoms with Crippen molar-refractivity contribution >= 4 is 37.7 Å². The van der Waals surface area contributed by atoms with Crippen LogP contribution in [0.2, 0.25) is 0 Å². The molecule has 0 aliphatic heterocycles. The first-order valence-corrected chi connectivity index (χ1v) is 6.17. The zero-order valence-electron chi connectivity index (χ0n) is 8.62. The number of anilines is 1. The molecule has 1 aromatic heterocycles. The van der Waals surface area contributed by atoms with Gasteiger partial charge in [-0.15, -0.1) is 0 Å². The molecule has 2 rings (SSSR count). The highest BCUT2D eigenvalue weighted by Crippen LogP contribution is 2.28. The molecule has 8 heteroatoms. The van der Waals surface area contributed by atoms with Gasteiger partial charge in [-0.1, -0.05) is 15.9 Å². The van der Waals surface area contributed by atoms with Crippen LogP contribution in [0, 0.1) is 11.6 Å². The molecule has 2 N–H and O–H groups in total. The van der Waals surface area contributed by atoms with Gasteiger partial charge in [-0.2, -0.15) is 14.4 Å². The number of halogens is 4. The number of hydrogen-bond acceptors (Lipinski definition) is 4. The normalized spacial score (nSPS) is 10.4. The van der Waals surface area contributed by atoms with Crippen molar-refractivity contribution in [2.75, 3.05) is 5.73 Å². The predicted molar refractivity (Wildman–Crippen MR) is 68.3 cm³/mol. The molecule has 4 nitrogen and oxygen atoms in total. The lowest BCUT2D eigenvalue weighted by molar-refractivity contribution is 0.392. The summed E-state index contributed by atoms with van der Waals surface area (Å²) in [7, 11) is 0. The average molecular weight is 381 g/mol. The van der Waals surface area contributed by atoms with Gasteiger partial charge >= 0.3 is 6.01 Å². The summed E-state index contributed by atoms with van der Waals surface area (Å²) in [5, 5.41) is 0. The van der Waals surface area contributed by atoms with Gasteiger partial charge in [0, 0.05) is 10.5 Å². The minimum Gasteiger partial charge on any atom is -0.421 e. The largest absolute Gasteiger partial charge is 0.421 e. The minimum atomic E-state index is -1.12. The lowest BCUT2D eigenvalue weighted by Crippen LogP contribution is -1.99. The zero-order chi connectivity index (χ0) is 13.3. The van der Waals surface area contributed by atoms with Crippen molar-refractivity contribution in [1.29, 1.82) is 0 Å². The molecule has 0 aliphatic carbocycles. The average Bonchev–Trinajstić information content (AvgIpc) is 2.23. The summed E-state index contributed by atoms with van der Waals surface area (Å²) in [6.45, 7) is 0. The van der Waals surface area contributed by atoms with Crippen LogP contribution in [0.15, 0.2) is 27.3 Å². The maximum absolute atomic E-state index is 13.4. The van der Waals surface area contributed by atoms with E-state index in [1.165, 1.54) is 12.1 Å². The van der Waals surface area contributed by atoms with E-state index in [1.54, 1.807) is 0 Å². The smallest absolute Gasteiger partial charge is 0.325 e. The molecule has 0 saturated carbocycles. The Bertz CT molecular complexity index is 590. The van der Waals surface area contributed by atoms with Crippen LogP contribution in [0.25, 0.3) is 0 Å². The fourth-order valence-electron chi connectivity index (χ4n) is 1.16. The number of nitrogens with two attached hydrogens (primary N) is 1. The zero-order valence-corrected chi connectivity index (χ0v) is 11.8. The van der Waals surface area contributed by atoms with Gasteiger partial charge in [0.2, 0.25) is 5.82 Å². The third kappa shape index (κ3) is 2.94. The van der Waals surface area contributed by atoms with E-state index in [4.69, 9.17) is 10.5 Å². The van der Waals surface area contributed by atoms with Gasteiger partial charge in [-0.25, -0.2) is 4.39 Å². The second kappa shape index (κ2) is 5.15. The van der Waals surface area contributed by atoms with Crippen LogP contribution in [0.4, 0.5) is 14.6 Å². The summed E-state index contributed by atoms with van der Waals surface area (Å²) in [6.07, 6.45) is 0. The SMILES string of the molecule is Nc1cc(Br)nc(Oc2cc(Br)cc(F)c2F)n1. The summed E-state index contributed by atoms with van der Waals surface area (Å²) in [6, 6.07) is 3.51. The van der Waals surface area contributed by atoms with E-state index in [0.717, 1.165) is 6.07 Å². The molecule has 0 spiro atoms. The van der Waals surface area contributed by atoms with Gasteiger partial charge in [0.1, 0.15) is 10.4 Å². The Morgan fingerprint density at radius 1 is 1.11 bits per heavy atom. The number of rotatable bonds is 2. The van der Waals surface area contributed by atoms with Gasteiger partial charge in [0.25, 0.3) is 0 Å². The standard InChI is InChI=1S/C10H5Br2F2N3O/c11-4-1-5(13)9(14)6(2-4)18-10-16-7(12)3-8(15)17-10/h1-3H,(H2,15,16,17). The Morgan fingerprint density at radius 3 is 2.50 bits per heavy atom. The number of benzene rings is 1. The highest BCUT2D eigenvalue weighted by atomic mass is 79.9. The Morgan fingerprint density at radius 2 is 1.83 bits per heavy atom. The fraction of sp³-hybridized carbons (Fsp3) is 0. The lowest BCUT2D eigenvalue weighted by atomic mass is 10.3. The molecule has 1 heterocycles. The van der Waals surface area contributed by atoms with Crippen LogP contribution in [0.1, 0.15) is 0 Å². The third-order valence-corrected chi connectivity index (χ3v) is 2.72. The maximum atomic E-state index is 13.4. The Hall–Kier alpha value is -1.28. The predicted octanol–water partition coefficient (Wildman–Crippen LogP) is 3.65. The molecule has 0 amide bonds. The molecule has 0 unspecified atom stereocenters. The number of aromatic nitrogens is 2. The van der Waals surface area contributed by atoms with Gasteiger partial charge in [-0.3, -0.25) is 0 Å². The molecular formula is C10H5Br2F2N3O. The summed E-state index contributed by atoms with van der Waals surface area (Å²) < 4.78 is 32.4. The van der Waals surface area contributed by atoms with Crippen LogP contribution >= 0.6 is 31.9 Å².